The first-order valence-electron chi connectivity index (χ1n) is 5.21. The Morgan fingerprint density at radius 1 is 1.46 bits per heavy atom. The van der Waals surface area contributed by atoms with E-state index in [-0.39, 0.29) is 0 Å². The van der Waals surface area contributed by atoms with Crippen LogP contribution in [0.2, 0.25) is 0 Å². The van der Waals surface area contributed by atoms with Gasteiger partial charge in [-0.1, -0.05) is 20.3 Å². The van der Waals surface area contributed by atoms with Gasteiger partial charge in [0.25, 0.3) is 0 Å². The Morgan fingerprint density at radius 2 is 2.31 bits per heavy atom. The molecule has 0 bridgehead atoms. The highest BCUT2D eigenvalue weighted by atomic mass is 14.9. The van der Waals surface area contributed by atoms with Crippen LogP contribution in [0.3, 0.4) is 0 Å². The first-order valence-corrected chi connectivity index (χ1v) is 5.21. The fourth-order valence-electron chi connectivity index (χ4n) is 1.53. The molecular formula is C11H20N2. The van der Waals surface area contributed by atoms with Crippen LogP contribution in [0.4, 0.5) is 0 Å². The lowest BCUT2D eigenvalue weighted by molar-refractivity contribution is 0.462. The molecule has 0 aliphatic rings. The van der Waals surface area contributed by atoms with Gasteiger partial charge in [-0.05, 0) is 24.5 Å². The van der Waals surface area contributed by atoms with Crippen molar-refractivity contribution in [1.29, 1.82) is 0 Å². The summed E-state index contributed by atoms with van der Waals surface area (Å²) in [6.07, 6.45) is 7.78. The predicted molar refractivity (Wildman–Crippen MR) is 56.6 cm³/mol. The molecule has 0 aromatic carbocycles. The average Bonchev–Trinajstić information content (AvgIpc) is 2.64. The molecule has 1 aromatic heterocycles. The summed E-state index contributed by atoms with van der Waals surface area (Å²) in [4.78, 5) is 3.06. The Labute approximate surface area is 80.7 Å². The molecule has 2 nitrogen and oxygen atoms in total. The Balaban J connectivity index is 2.23. The summed E-state index contributed by atoms with van der Waals surface area (Å²) >= 11 is 0. The van der Waals surface area contributed by atoms with E-state index in [0.717, 1.165) is 6.54 Å². The van der Waals surface area contributed by atoms with Crippen molar-refractivity contribution in [3.63, 3.8) is 0 Å². The number of H-pyrrole nitrogens is 1. The van der Waals surface area contributed by atoms with Gasteiger partial charge in [0.05, 0.1) is 0 Å². The third-order valence-corrected chi connectivity index (χ3v) is 2.39. The molecule has 1 aromatic rings. The van der Waals surface area contributed by atoms with Crippen molar-refractivity contribution in [1.82, 2.24) is 10.3 Å². The van der Waals surface area contributed by atoms with E-state index in [0.29, 0.717) is 6.04 Å². The molecule has 1 atom stereocenters. The first kappa shape index (κ1) is 10.3. The summed E-state index contributed by atoms with van der Waals surface area (Å²) < 4.78 is 0. The highest BCUT2D eigenvalue weighted by Gasteiger charge is 2.03. The van der Waals surface area contributed by atoms with Gasteiger partial charge < -0.3 is 10.3 Å². The predicted octanol–water partition coefficient (Wildman–Crippen LogP) is 2.68. The Kier molecular flexibility index (Phi) is 4.61. The van der Waals surface area contributed by atoms with E-state index in [1.54, 1.807) is 0 Å². The molecule has 74 valence electrons. The van der Waals surface area contributed by atoms with Crippen LogP contribution >= 0.6 is 0 Å². The summed E-state index contributed by atoms with van der Waals surface area (Å²) in [6.45, 7) is 5.47. The molecule has 0 saturated carbocycles. The van der Waals surface area contributed by atoms with Gasteiger partial charge in [-0.15, -0.1) is 0 Å². The van der Waals surface area contributed by atoms with Crippen LogP contribution < -0.4 is 5.32 Å². The maximum absolute atomic E-state index is 3.55. The van der Waals surface area contributed by atoms with E-state index in [1.165, 1.54) is 24.8 Å². The van der Waals surface area contributed by atoms with E-state index in [1.807, 2.05) is 12.4 Å². The van der Waals surface area contributed by atoms with E-state index in [9.17, 15) is 0 Å². The maximum atomic E-state index is 3.55. The standard InChI is InChI=1S/C11H20N2/c1-3-5-11(4-2)13-9-10-6-7-12-8-10/h6-8,11-13H,3-5,9H2,1-2H3. The number of aromatic amines is 1. The van der Waals surface area contributed by atoms with Crippen LogP contribution in [0.5, 0.6) is 0 Å². The van der Waals surface area contributed by atoms with Gasteiger partial charge in [-0.3, -0.25) is 0 Å². The van der Waals surface area contributed by atoms with E-state index < -0.39 is 0 Å². The van der Waals surface area contributed by atoms with Crippen molar-refractivity contribution >= 4 is 0 Å². The quantitative estimate of drug-likeness (QED) is 0.692. The minimum atomic E-state index is 0.680. The zero-order valence-electron chi connectivity index (χ0n) is 8.64. The molecule has 0 aliphatic heterocycles. The molecule has 2 heteroatoms. The fraction of sp³-hybridized carbons (Fsp3) is 0.636. The Bertz CT molecular complexity index is 204. The lowest BCUT2D eigenvalue weighted by atomic mass is 10.1. The molecule has 2 N–H and O–H groups in total. The molecular weight excluding hydrogens is 160 g/mol. The lowest BCUT2D eigenvalue weighted by Gasteiger charge is -2.15. The topological polar surface area (TPSA) is 27.8 Å². The van der Waals surface area contributed by atoms with Crippen LogP contribution in [-0.4, -0.2) is 11.0 Å². The van der Waals surface area contributed by atoms with Gasteiger partial charge in [-0.25, -0.2) is 0 Å². The smallest absolute Gasteiger partial charge is 0.0223 e. The summed E-state index contributed by atoms with van der Waals surface area (Å²) in [5.41, 5.74) is 1.34. The van der Waals surface area contributed by atoms with Crippen molar-refractivity contribution in [2.24, 2.45) is 0 Å². The van der Waals surface area contributed by atoms with Gasteiger partial charge >= 0.3 is 0 Å². The monoisotopic (exact) mass is 180 g/mol. The molecule has 13 heavy (non-hydrogen) atoms. The third-order valence-electron chi connectivity index (χ3n) is 2.39. The zero-order valence-corrected chi connectivity index (χ0v) is 8.64. The van der Waals surface area contributed by atoms with Crippen LogP contribution in [-0.2, 0) is 6.54 Å². The summed E-state index contributed by atoms with van der Waals surface area (Å²) in [7, 11) is 0. The molecule has 1 unspecified atom stereocenters. The SMILES string of the molecule is CCCC(CC)NCc1cc[nH]c1. The van der Waals surface area contributed by atoms with E-state index >= 15 is 0 Å². The van der Waals surface area contributed by atoms with Gasteiger partial charge in [0.15, 0.2) is 0 Å². The number of aromatic nitrogens is 1. The second-order valence-corrected chi connectivity index (χ2v) is 3.49. The van der Waals surface area contributed by atoms with Crippen molar-refractivity contribution < 1.29 is 0 Å². The Morgan fingerprint density at radius 3 is 2.85 bits per heavy atom. The molecule has 1 heterocycles. The molecule has 0 radical (unpaired) electrons. The summed E-state index contributed by atoms with van der Waals surface area (Å²) in [5, 5.41) is 3.55. The van der Waals surface area contributed by atoms with Crippen LogP contribution in [0, 0.1) is 0 Å². The summed E-state index contributed by atoms with van der Waals surface area (Å²) in [5.74, 6) is 0. The van der Waals surface area contributed by atoms with Gasteiger partial charge in [0, 0.05) is 25.0 Å². The zero-order chi connectivity index (χ0) is 9.52. The number of rotatable bonds is 6. The minimum Gasteiger partial charge on any atom is -0.367 e. The van der Waals surface area contributed by atoms with Crippen molar-refractivity contribution in [2.75, 3.05) is 0 Å². The van der Waals surface area contributed by atoms with Crippen LogP contribution in [0.1, 0.15) is 38.7 Å². The van der Waals surface area contributed by atoms with Crippen molar-refractivity contribution in [2.45, 2.75) is 45.7 Å². The van der Waals surface area contributed by atoms with E-state index in [4.69, 9.17) is 0 Å². The maximum Gasteiger partial charge on any atom is 0.0223 e. The minimum absolute atomic E-state index is 0.680. The highest BCUT2D eigenvalue weighted by molar-refractivity contribution is 5.07. The summed E-state index contributed by atoms with van der Waals surface area (Å²) in [6, 6.07) is 2.80. The van der Waals surface area contributed by atoms with Gasteiger partial charge in [-0.2, -0.15) is 0 Å². The van der Waals surface area contributed by atoms with Gasteiger partial charge in [0.1, 0.15) is 0 Å². The second kappa shape index (κ2) is 5.81. The highest BCUT2D eigenvalue weighted by Crippen LogP contribution is 2.03. The van der Waals surface area contributed by atoms with Crippen molar-refractivity contribution in [3.05, 3.63) is 24.0 Å². The molecule has 1 rings (SSSR count). The van der Waals surface area contributed by atoms with E-state index in [2.05, 4.69) is 30.2 Å². The average molecular weight is 180 g/mol. The number of hydrogen-bond donors (Lipinski definition) is 2. The largest absolute Gasteiger partial charge is 0.367 e. The van der Waals surface area contributed by atoms with Crippen molar-refractivity contribution in [3.8, 4) is 0 Å². The van der Waals surface area contributed by atoms with Crippen LogP contribution in [0.25, 0.3) is 0 Å². The molecule has 0 spiro atoms. The van der Waals surface area contributed by atoms with Gasteiger partial charge in [0.2, 0.25) is 0 Å². The third kappa shape index (κ3) is 3.64. The second-order valence-electron chi connectivity index (χ2n) is 3.49. The Hall–Kier alpha value is -0.760. The van der Waals surface area contributed by atoms with Crippen LogP contribution in [0.15, 0.2) is 18.5 Å². The number of hydrogen-bond acceptors (Lipinski definition) is 1. The first-order chi connectivity index (χ1) is 6.36. The normalized spacial score (nSPS) is 13.1. The number of nitrogens with one attached hydrogen (secondary N) is 2. The molecule has 0 amide bonds. The molecule has 0 aliphatic carbocycles. The molecule has 0 saturated heterocycles. The lowest BCUT2D eigenvalue weighted by Crippen LogP contribution is -2.27. The fourth-order valence-corrected chi connectivity index (χ4v) is 1.53. The molecule has 0 fully saturated rings.